The Labute approximate surface area is 202 Å². The number of nitrogens with two attached hydrogens (primary N) is 2. The molecule has 1 fully saturated rings. The van der Waals surface area contributed by atoms with Crippen molar-refractivity contribution >= 4 is 17.6 Å². The first-order chi connectivity index (χ1) is 16.7. The largest absolute Gasteiger partial charge is 0.457 e. The van der Waals surface area contributed by atoms with Gasteiger partial charge in [-0.1, -0.05) is 0 Å². The third-order valence-electron chi connectivity index (χ3n) is 5.89. The van der Waals surface area contributed by atoms with E-state index < -0.39 is 17.9 Å². The predicted molar refractivity (Wildman–Crippen MR) is 129 cm³/mol. The van der Waals surface area contributed by atoms with Crippen LogP contribution < -0.4 is 21.1 Å². The number of hydrogen-bond acceptors (Lipinski definition) is 7. The fourth-order valence-corrected chi connectivity index (χ4v) is 3.94. The summed E-state index contributed by atoms with van der Waals surface area (Å²) < 4.78 is 18.8. The molecule has 1 saturated heterocycles. The molecule has 9 nitrogen and oxygen atoms in total. The summed E-state index contributed by atoms with van der Waals surface area (Å²) in [6, 6.07) is 13.7. The van der Waals surface area contributed by atoms with E-state index in [9.17, 15) is 14.0 Å². The molecule has 1 aliphatic rings. The van der Waals surface area contributed by atoms with Gasteiger partial charge in [0.1, 0.15) is 34.9 Å². The van der Waals surface area contributed by atoms with Gasteiger partial charge in [0.25, 0.3) is 5.91 Å². The van der Waals surface area contributed by atoms with Gasteiger partial charge >= 0.3 is 0 Å². The van der Waals surface area contributed by atoms with Crippen LogP contribution in [0.4, 0.5) is 10.2 Å². The van der Waals surface area contributed by atoms with Crippen molar-refractivity contribution in [2.24, 2.45) is 11.5 Å². The van der Waals surface area contributed by atoms with Gasteiger partial charge in [-0.3, -0.25) is 14.5 Å². The molecule has 10 heteroatoms. The van der Waals surface area contributed by atoms with Crippen molar-refractivity contribution < 1.29 is 18.7 Å². The number of carbonyl (C=O) groups is 2. The highest BCUT2D eigenvalue weighted by atomic mass is 19.1. The van der Waals surface area contributed by atoms with Crippen LogP contribution in [0.25, 0.3) is 11.4 Å². The standard InChI is InChI=1S/C25H27FN6O3/c1-15(2)31-11-12-32(21(14-31)24(28)34)22-13-20(23(27)33)29-25(30-22)16-3-7-18(8-4-16)35-19-9-5-17(26)6-10-19/h3-10,13,15,21H,11-12,14H2,1-2H3,(H2,27,33)(H2,28,34). The summed E-state index contributed by atoms with van der Waals surface area (Å²) in [5.74, 6) is 0.179. The summed E-state index contributed by atoms with van der Waals surface area (Å²) in [5.41, 5.74) is 11.9. The molecule has 0 saturated carbocycles. The van der Waals surface area contributed by atoms with Crippen molar-refractivity contribution in [2.75, 3.05) is 24.5 Å². The highest BCUT2D eigenvalue weighted by molar-refractivity contribution is 5.92. The lowest BCUT2D eigenvalue weighted by molar-refractivity contribution is -0.120. The molecular weight excluding hydrogens is 451 g/mol. The van der Waals surface area contributed by atoms with Crippen LogP contribution in [0, 0.1) is 5.82 Å². The number of benzene rings is 2. The molecule has 1 aliphatic heterocycles. The topological polar surface area (TPSA) is 128 Å². The molecule has 0 radical (unpaired) electrons. The summed E-state index contributed by atoms with van der Waals surface area (Å²) in [4.78, 5) is 37.2. The second kappa shape index (κ2) is 10.1. The summed E-state index contributed by atoms with van der Waals surface area (Å²) in [6.45, 7) is 5.79. The average Bonchev–Trinajstić information content (AvgIpc) is 2.85. The zero-order chi connectivity index (χ0) is 25.1. The smallest absolute Gasteiger partial charge is 0.267 e. The van der Waals surface area contributed by atoms with Crippen molar-refractivity contribution in [2.45, 2.75) is 25.9 Å². The molecule has 35 heavy (non-hydrogen) atoms. The van der Waals surface area contributed by atoms with Crippen LogP contribution in [0.5, 0.6) is 11.5 Å². The van der Waals surface area contributed by atoms with E-state index in [4.69, 9.17) is 16.2 Å². The number of piperazine rings is 1. The molecule has 2 aromatic carbocycles. The van der Waals surface area contributed by atoms with Crippen LogP contribution in [0.15, 0.2) is 54.6 Å². The molecule has 4 rings (SSSR count). The number of carbonyl (C=O) groups excluding carboxylic acids is 2. The van der Waals surface area contributed by atoms with E-state index in [1.807, 2.05) is 0 Å². The summed E-state index contributed by atoms with van der Waals surface area (Å²) >= 11 is 0. The molecular formula is C25H27FN6O3. The molecule has 1 atom stereocenters. The minimum absolute atomic E-state index is 0.0335. The Morgan fingerprint density at radius 3 is 2.20 bits per heavy atom. The number of hydrogen-bond donors (Lipinski definition) is 2. The lowest BCUT2D eigenvalue weighted by Crippen LogP contribution is -2.60. The number of anilines is 1. The SMILES string of the molecule is CC(C)N1CCN(c2cc(C(N)=O)nc(-c3ccc(Oc4ccc(F)cc4)cc3)n2)C(C(N)=O)C1. The van der Waals surface area contributed by atoms with E-state index in [1.54, 1.807) is 29.2 Å². The molecule has 2 heterocycles. The first-order valence-electron chi connectivity index (χ1n) is 11.2. The second-order valence-electron chi connectivity index (χ2n) is 8.58. The van der Waals surface area contributed by atoms with E-state index >= 15 is 0 Å². The maximum absolute atomic E-state index is 13.1. The van der Waals surface area contributed by atoms with Gasteiger partial charge in [-0.2, -0.15) is 0 Å². The van der Waals surface area contributed by atoms with E-state index in [0.29, 0.717) is 42.5 Å². The van der Waals surface area contributed by atoms with Crippen LogP contribution in [-0.2, 0) is 4.79 Å². The minimum atomic E-state index is -0.706. The lowest BCUT2D eigenvalue weighted by Gasteiger charge is -2.42. The summed E-state index contributed by atoms with van der Waals surface area (Å²) in [6.07, 6.45) is 0. The van der Waals surface area contributed by atoms with Crippen LogP contribution in [0.1, 0.15) is 24.3 Å². The number of ether oxygens (including phenoxy) is 1. The van der Waals surface area contributed by atoms with Crippen molar-refractivity contribution in [3.8, 4) is 22.9 Å². The molecule has 4 N–H and O–H groups in total. The molecule has 0 aliphatic carbocycles. The van der Waals surface area contributed by atoms with Crippen molar-refractivity contribution in [1.29, 1.82) is 0 Å². The van der Waals surface area contributed by atoms with E-state index in [-0.39, 0.29) is 23.4 Å². The Balaban J connectivity index is 1.63. The van der Waals surface area contributed by atoms with E-state index in [1.165, 1.54) is 30.3 Å². The molecule has 1 unspecified atom stereocenters. The van der Waals surface area contributed by atoms with Crippen LogP contribution >= 0.6 is 0 Å². The highest BCUT2D eigenvalue weighted by Gasteiger charge is 2.33. The van der Waals surface area contributed by atoms with Gasteiger partial charge in [-0.15, -0.1) is 0 Å². The Kier molecular flexibility index (Phi) is 6.92. The molecule has 182 valence electrons. The molecule has 2 amide bonds. The van der Waals surface area contributed by atoms with Crippen molar-refractivity contribution in [3.63, 3.8) is 0 Å². The van der Waals surface area contributed by atoms with Crippen molar-refractivity contribution in [3.05, 3.63) is 66.1 Å². The number of aromatic nitrogens is 2. The highest BCUT2D eigenvalue weighted by Crippen LogP contribution is 2.27. The predicted octanol–water partition coefficient (Wildman–Crippen LogP) is 2.56. The van der Waals surface area contributed by atoms with Crippen LogP contribution in [-0.4, -0.2) is 58.4 Å². The van der Waals surface area contributed by atoms with Gasteiger partial charge in [0.05, 0.1) is 0 Å². The van der Waals surface area contributed by atoms with Gasteiger partial charge in [0.2, 0.25) is 5.91 Å². The number of rotatable bonds is 7. The van der Waals surface area contributed by atoms with Gasteiger partial charge in [-0.05, 0) is 62.4 Å². The Morgan fingerprint density at radius 1 is 1.00 bits per heavy atom. The van der Waals surface area contributed by atoms with Gasteiger partial charge in [0.15, 0.2) is 5.82 Å². The number of primary amides is 2. The third-order valence-corrected chi connectivity index (χ3v) is 5.89. The fraction of sp³-hybridized carbons (Fsp3) is 0.280. The fourth-order valence-electron chi connectivity index (χ4n) is 3.94. The van der Waals surface area contributed by atoms with Crippen LogP contribution in [0.2, 0.25) is 0 Å². The first kappa shape index (κ1) is 24.1. The first-order valence-corrected chi connectivity index (χ1v) is 11.2. The lowest BCUT2D eigenvalue weighted by atomic mass is 10.1. The maximum Gasteiger partial charge on any atom is 0.267 e. The minimum Gasteiger partial charge on any atom is -0.457 e. The van der Waals surface area contributed by atoms with Gasteiger partial charge in [-0.25, -0.2) is 14.4 Å². The zero-order valence-corrected chi connectivity index (χ0v) is 19.5. The molecule has 0 bridgehead atoms. The number of nitrogens with zero attached hydrogens (tertiary/aromatic N) is 4. The van der Waals surface area contributed by atoms with Gasteiger partial charge < -0.3 is 21.1 Å². The average molecular weight is 479 g/mol. The van der Waals surface area contributed by atoms with Crippen LogP contribution in [0.3, 0.4) is 0 Å². The Hall–Kier alpha value is -4.05. The van der Waals surface area contributed by atoms with E-state index in [0.717, 1.165) is 0 Å². The summed E-state index contributed by atoms with van der Waals surface area (Å²) in [5, 5.41) is 0. The maximum atomic E-state index is 13.1. The Morgan fingerprint density at radius 2 is 1.63 bits per heavy atom. The normalized spacial score (nSPS) is 16.3. The molecule has 1 aromatic heterocycles. The number of amides is 2. The summed E-state index contributed by atoms with van der Waals surface area (Å²) in [7, 11) is 0. The molecule has 0 spiro atoms. The number of halogens is 1. The zero-order valence-electron chi connectivity index (χ0n) is 19.5. The Bertz CT molecular complexity index is 1220. The van der Waals surface area contributed by atoms with Crippen molar-refractivity contribution in [1.82, 2.24) is 14.9 Å². The second-order valence-corrected chi connectivity index (χ2v) is 8.58. The monoisotopic (exact) mass is 478 g/mol. The van der Waals surface area contributed by atoms with E-state index in [2.05, 4.69) is 28.7 Å². The van der Waals surface area contributed by atoms with Gasteiger partial charge in [0, 0.05) is 37.3 Å². The molecule has 3 aromatic rings. The quantitative estimate of drug-likeness (QED) is 0.534. The third kappa shape index (κ3) is 5.55.